The summed E-state index contributed by atoms with van der Waals surface area (Å²) >= 11 is 0. The molecule has 1 amide bonds. The maximum absolute atomic E-state index is 12.5. The number of carbonyl (C=O) groups excluding carboxylic acids is 1. The topological polar surface area (TPSA) is 59.3 Å². The molecule has 0 saturated heterocycles. The van der Waals surface area contributed by atoms with E-state index in [1.54, 1.807) is 19.1 Å². The number of hydrogen-bond acceptors (Lipinski definition) is 3. The Morgan fingerprint density at radius 2 is 1.87 bits per heavy atom. The molecule has 0 bridgehead atoms. The summed E-state index contributed by atoms with van der Waals surface area (Å²) in [6, 6.07) is 7.30. The SMILES string of the molecule is Cc1c(C(=O)N[C@@H](C)CCCC(C)C)c(=O)oc2ccccc12. The van der Waals surface area contributed by atoms with Gasteiger partial charge < -0.3 is 9.73 Å². The van der Waals surface area contributed by atoms with Crippen LogP contribution in [0.2, 0.25) is 0 Å². The number of hydrogen-bond donors (Lipinski definition) is 1. The molecule has 1 N–H and O–H groups in total. The molecule has 2 rings (SSSR count). The molecule has 0 spiro atoms. The van der Waals surface area contributed by atoms with Crippen LogP contribution in [0.5, 0.6) is 0 Å². The van der Waals surface area contributed by atoms with E-state index in [2.05, 4.69) is 19.2 Å². The van der Waals surface area contributed by atoms with Gasteiger partial charge in [-0.05, 0) is 37.8 Å². The van der Waals surface area contributed by atoms with Crippen LogP contribution in [0.1, 0.15) is 56.0 Å². The second-order valence-electron chi connectivity index (χ2n) is 6.58. The van der Waals surface area contributed by atoms with Gasteiger partial charge in [-0.15, -0.1) is 0 Å². The molecule has 1 aromatic carbocycles. The van der Waals surface area contributed by atoms with Crippen LogP contribution >= 0.6 is 0 Å². The molecule has 0 aliphatic heterocycles. The number of amides is 1. The quantitative estimate of drug-likeness (QED) is 0.818. The van der Waals surface area contributed by atoms with E-state index in [-0.39, 0.29) is 17.5 Å². The van der Waals surface area contributed by atoms with Crippen molar-refractivity contribution in [1.82, 2.24) is 5.32 Å². The highest BCUT2D eigenvalue weighted by molar-refractivity contribution is 5.99. The molecule has 1 atom stereocenters. The summed E-state index contributed by atoms with van der Waals surface area (Å²) in [6.07, 6.45) is 3.10. The largest absolute Gasteiger partial charge is 0.422 e. The lowest BCUT2D eigenvalue weighted by Gasteiger charge is -2.15. The molecule has 2 aromatic rings. The van der Waals surface area contributed by atoms with Gasteiger partial charge in [0.15, 0.2) is 0 Å². The van der Waals surface area contributed by atoms with E-state index >= 15 is 0 Å². The van der Waals surface area contributed by atoms with E-state index < -0.39 is 5.63 Å². The fourth-order valence-electron chi connectivity index (χ4n) is 2.77. The van der Waals surface area contributed by atoms with Gasteiger partial charge in [-0.2, -0.15) is 0 Å². The Morgan fingerprint density at radius 3 is 2.57 bits per heavy atom. The normalized spacial score (nSPS) is 12.6. The van der Waals surface area contributed by atoms with Crippen LogP contribution in [0.3, 0.4) is 0 Å². The molecule has 0 unspecified atom stereocenters. The Bertz CT molecular complexity index is 746. The van der Waals surface area contributed by atoms with Crippen molar-refractivity contribution < 1.29 is 9.21 Å². The molecule has 0 radical (unpaired) electrons. The maximum atomic E-state index is 12.5. The average Bonchev–Trinajstić information content (AvgIpc) is 2.46. The van der Waals surface area contributed by atoms with Crippen LogP contribution in [0, 0.1) is 12.8 Å². The summed E-state index contributed by atoms with van der Waals surface area (Å²) in [5, 5.41) is 3.71. The molecular formula is C19H25NO3. The van der Waals surface area contributed by atoms with Crippen molar-refractivity contribution in [2.75, 3.05) is 0 Å². The number of benzene rings is 1. The first-order valence-corrected chi connectivity index (χ1v) is 8.23. The first-order chi connectivity index (χ1) is 10.9. The van der Waals surface area contributed by atoms with Crippen molar-refractivity contribution in [3.8, 4) is 0 Å². The van der Waals surface area contributed by atoms with Crippen molar-refractivity contribution in [3.05, 3.63) is 45.8 Å². The van der Waals surface area contributed by atoms with E-state index in [1.807, 2.05) is 19.1 Å². The minimum Gasteiger partial charge on any atom is -0.422 e. The lowest BCUT2D eigenvalue weighted by atomic mass is 10.0. The lowest BCUT2D eigenvalue weighted by molar-refractivity contribution is 0.0933. The number of rotatable bonds is 6. The zero-order valence-electron chi connectivity index (χ0n) is 14.3. The van der Waals surface area contributed by atoms with Gasteiger partial charge in [-0.25, -0.2) is 4.79 Å². The smallest absolute Gasteiger partial charge is 0.349 e. The summed E-state index contributed by atoms with van der Waals surface area (Å²) in [7, 11) is 0. The van der Waals surface area contributed by atoms with Gasteiger partial charge in [0.05, 0.1) is 0 Å². The van der Waals surface area contributed by atoms with Crippen LogP contribution in [0.15, 0.2) is 33.5 Å². The van der Waals surface area contributed by atoms with Gasteiger partial charge in [0.1, 0.15) is 11.1 Å². The summed E-state index contributed by atoms with van der Waals surface area (Å²) in [6.45, 7) is 8.13. The van der Waals surface area contributed by atoms with Crippen molar-refractivity contribution in [2.24, 2.45) is 5.92 Å². The molecule has 0 aliphatic rings. The number of para-hydroxylation sites is 1. The van der Waals surface area contributed by atoms with Crippen LogP contribution in [0.25, 0.3) is 11.0 Å². The Balaban J connectivity index is 2.16. The fraction of sp³-hybridized carbons (Fsp3) is 0.474. The molecule has 0 saturated carbocycles. The first kappa shape index (κ1) is 17.3. The van der Waals surface area contributed by atoms with Gasteiger partial charge in [0.25, 0.3) is 5.91 Å². The van der Waals surface area contributed by atoms with E-state index in [1.165, 1.54) is 0 Å². The molecule has 0 fully saturated rings. The molecule has 1 aromatic heterocycles. The summed E-state index contributed by atoms with van der Waals surface area (Å²) in [5.41, 5.74) is 0.716. The maximum Gasteiger partial charge on any atom is 0.349 e. The highest BCUT2D eigenvalue weighted by atomic mass is 16.4. The zero-order chi connectivity index (χ0) is 17.0. The third-order valence-electron chi connectivity index (χ3n) is 4.10. The number of aryl methyl sites for hydroxylation is 1. The second kappa shape index (κ2) is 7.44. The van der Waals surface area contributed by atoms with Gasteiger partial charge >= 0.3 is 5.63 Å². The van der Waals surface area contributed by atoms with Crippen LogP contribution in [-0.4, -0.2) is 11.9 Å². The monoisotopic (exact) mass is 315 g/mol. The van der Waals surface area contributed by atoms with Crippen molar-refractivity contribution in [2.45, 2.75) is 53.0 Å². The molecule has 124 valence electrons. The van der Waals surface area contributed by atoms with Crippen molar-refractivity contribution >= 4 is 16.9 Å². The van der Waals surface area contributed by atoms with E-state index in [4.69, 9.17) is 4.42 Å². The number of carbonyl (C=O) groups is 1. The standard InChI is InChI=1S/C19H25NO3/c1-12(2)8-7-9-13(3)20-18(21)17-14(4)15-10-5-6-11-16(15)23-19(17)22/h5-6,10-13H,7-9H2,1-4H3,(H,20,21)/t13-/m0/s1. The van der Waals surface area contributed by atoms with Gasteiger partial charge in [-0.1, -0.05) is 44.9 Å². The third kappa shape index (κ3) is 4.21. The third-order valence-corrected chi connectivity index (χ3v) is 4.10. The molecule has 1 heterocycles. The highest BCUT2D eigenvalue weighted by Crippen LogP contribution is 2.19. The van der Waals surface area contributed by atoms with E-state index in [9.17, 15) is 9.59 Å². The predicted octanol–water partition coefficient (Wildman–Crippen LogP) is 4.05. The van der Waals surface area contributed by atoms with Crippen LogP contribution < -0.4 is 10.9 Å². The average molecular weight is 315 g/mol. The molecular weight excluding hydrogens is 290 g/mol. The Hall–Kier alpha value is -2.10. The fourth-order valence-corrected chi connectivity index (χ4v) is 2.77. The Kier molecular flexibility index (Phi) is 5.59. The van der Waals surface area contributed by atoms with E-state index in [0.717, 1.165) is 24.6 Å². The van der Waals surface area contributed by atoms with Crippen molar-refractivity contribution in [1.29, 1.82) is 0 Å². The molecule has 4 nitrogen and oxygen atoms in total. The van der Waals surface area contributed by atoms with Crippen LogP contribution in [-0.2, 0) is 0 Å². The van der Waals surface area contributed by atoms with Gasteiger partial charge in [-0.3, -0.25) is 4.79 Å². The minimum absolute atomic E-state index is 0.0338. The second-order valence-corrected chi connectivity index (χ2v) is 6.58. The molecule has 4 heteroatoms. The van der Waals surface area contributed by atoms with Crippen molar-refractivity contribution in [3.63, 3.8) is 0 Å². The lowest BCUT2D eigenvalue weighted by Crippen LogP contribution is -2.36. The summed E-state index contributed by atoms with van der Waals surface area (Å²) in [5.74, 6) is 0.312. The summed E-state index contributed by atoms with van der Waals surface area (Å²) < 4.78 is 5.27. The first-order valence-electron chi connectivity index (χ1n) is 8.23. The number of fused-ring (bicyclic) bond motifs is 1. The predicted molar refractivity (Wildman–Crippen MR) is 92.8 cm³/mol. The number of nitrogens with one attached hydrogen (secondary N) is 1. The Morgan fingerprint density at radius 1 is 1.17 bits per heavy atom. The minimum atomic E-state index is -0.576. The Labute approximate surface area is 136 Å². The zero-order valence-corrected chi connectivity index (χ0v) is 14.3. The highest BCUT2D eigenvalue weighted by Gasteiger charge is 2.19. The van der Waals surface area contributed by atoms with Crippen LogP contribution in [0.4, 0.5) is 0 Å². The molecule has 23 heavy (non-hydrogen) atoms. The summed E-state index contributed by atoms with van der Waals surface area (Å²) in [4.78, 5) is 24.6. The van der Waals surface area contributed by atoms with E-state index in [0.29, 0.717) is 17.1 Å². The van der Waals surface area contributed by atoms with Gasteiger partial charge in [0.2, 0.25) is 0 Å². The molecule has 0 aliphatic carbocycles. The van der Waals surface area contributed by atoms with Gasteiger partial charge in [0, 0.05) is 11.4 Å².